The summed E-state index contributed by atoms with van der Waals surface area (Å²) in [5.41, 5.74) is 2.07. The van der Waals surface area contributed by atoms with Crippen LogP contribution in [0.4, 0.5) is 10.5 Å². The molecule has 0 fully saturated rings. The van der Waals surface area contributed by atoms with Crippen LogP contribution in [0.5, 0.6) is 0 Å². The van der Waals surface area contributed by atoms with Crippen molar-refractivity contribution >= 4 is 11.8 Å². The van der Waals surface area contributed by atoms with Crippen molar-refractivity contribution in [3.05, 3.63) is 29.8 Å². The Hall–Kier alpha value is -1.75. The molecule has 1 aromatic rings. The second-order valence-corrected chi connectivity index (χ2v) is 5.93. The molecule has 1 rings (SSSR count). The zero-order valence-corrected chi connectivity index (χ0v) is 14.4. The monoisotopic (exact) mass is 307 g/mol. The predicted octanol–water partition coefficient (Wildman–Crippen LogP) is 3.03. The lowest BCUT2D eigenvalue weighted by molar-refractivity contribution is 0.0956. The van der Waals surface area contributed by atoms with E-state index < -0.39 is 0 Å². The number of carbonyl (C=O) groups excluding carboxylic acids is 1. The van der Waals surface area contributed by atoms with Crippen molar-refractivity contribution in [2.45, 2.75) is 33.4 Å². The fraction of sp³-hybridized carbons (Fsp3) is 0.588. The molecule has 0 aliphatic heterocycles. The summed E-state index contributed by atoms with van der Waals surface area (Å²) in [4.78, 5) is 15.8. The largest absolute Gasteiger partial charge is 0.445 e. The summed E-state index contributed by atoms with van der Waals surface area (Å²) in [7, 11) is 3.98. The number of nitrogens with one attached hydrogen (secondary N) is 1. The van der Waals surface area contributed by atoms with Crippen LogP contribution in [0.25, 0.3) is 0 Å². The second-order valence-electron chi connectivity index (χ2n) is 5.93. The molecular formula is C17H29N3O2. The van der Waals surface area contributed by atoms with Crippen molar-refractivity contribution in [2.75, 3.05) is 39.0 Å². The number of benzene rings is 1. The molecule has 0 spiro atoms. The van der Waals surface area contributed by atoms with Crippen molar-refractivity contribution in [2.24, 2.45) is 0 Å². The number of ether oxygens (including phenoxy) is 1. The van der Waals surface area contributed by atoms with Crippen molar-refractivity contribution < 1.29 is 9.53 Å². The molecule has 0 atom stereocenters. The zero-order chi connectivity index (χ0) is 16.5. The van der Waals surface area contributed by atoms with Crippen LogP contribution in [0.2, 0.25) is 0 Å². The van der Waals surface area contributed by atoms with Gasteiger partial charge in [-0.15, -0.1) is 0 Å². The minimum Gasteiger partial charge on any atom is -0.445 e. The Labute approximate surface area is 134 Å². The average Bonchev–Trinajstić information content (AvgIpc) is 2.46. The van der Waals surface area contributed by atoms with Gasteiger partial charge in [-0.05, 0) is 52.6 Å². The van der Waals surface area contributed by atoms with Crippen LogP contribution in [0.3, 0.4) is 0 Å². The van der Waals surface area contributed by atoms with E-state index in [2.05, 4.69) is 24.1 Å². The molecular weight excluding hydrogens is 278 g/mol. The van der Waals surface area contributed by atoms with Gasteiger partial charge in [0.15, 0.2) is 0 Å². The smallest absolute Gasteiger partial charge is 0.410 e. The van der Waals surface area contributed by atoms with E-state index in [0.29, 0.717) is 25.7 Å². The van der Waals surface area contributed by atoms with Gasteiger partial charge in [-0.3, -0.25) is 0 Å². The van der Waals surface area contributed by atoms with E-state index in [0.717, 1.165) is 17.8 Å². The quantitative estimate of drug-likeness (QED) is 0.802. The molecule has 0 saturated carbocycles. The number of hydrogen-bond donors (Lipinski definition) is 1. The highest BCUT2D eigenvalue weighted by Crippen LogP contribution is 2.12. The number of rotatable bonds is 8. The van der Waals surface area contributed by atoms with Crippen LogP contribution in [-0.4, -0.2) is 55.7 Å². The van der Waals surface area contributed by atoms with E-state index in [1.807, 2.05) is 45.3 Å². The molecule has 0 aliphatic rings. The number of nitrogens with zero attached hydrogens (tertiary/aromatic N) is 2. The lowest BCUT2D eigenvalue weighted by Gasteiger charge is -2.22. The highest BCUT2D eigenvalue weighted by Gasteiger charge is 2.13. The summed E-state index contributed by atoms with van der Waals surface area (Å²) in [6.45, 7) is 8.63. The van der Waals surface area contributed by atoms with Gasteiger partial charge in [-0.1, -0.05) is 12.1 Å². The number of amides is 1. The van der Waals surface area contributed by atoms with Crippen LogP contribution in [0.15, 0.2) is 24.3 Å². The van der Waals surface area contributed by atoms with Gasteiger partial charge in [0.25, 0.3) is 0 Å². The van der Waals surface area contributed by atoms with E-state index in [-0.39, 0.29) is 6.09 Å². The number of hydrogen-bond acceptors (Lipinski definition) is 4. The first-order chi connectivity index (χ1) is 10.4. The highest BCUT2D eigenvalue weighted by molar-refractivity contribution is 5.67. The van der Waals surface area contributed by atoms with E-state index in [1.54, 1.807) is 4.90 Å². The van der Waals surface area contributed by atoms with Gasteiger partial charge < -0.3 is 19.9 Å². The fourth-order valence-corrected chi connectivity index (χ4v) is 1.97. The summed E-state index contributed by atoms with van der Waals surface area (Å²) in [5.74, 6) is 0. The third-order valence-corrected chi connectivity index (χ3v) is 3.23. The van der Waals surface area contributed by atoms with Gasteiger partial charge in [0, 0.05) is 31.4 Å². The third kappa shape index (κ3) is 6.80. The summed E-state index contributed by atoms with van der Waals surface area (Å²) < 4.78 is 5.38. The minimum absolute atomic E-state index is 0.256. The SMILES string of the molecule is CCN(CCN(C)C)C(=O)OCc1ccc(NC(C)C)cc1. The second kappa shape index (κ2) is 9.30. The first kappa shape index (κ1) is 18.3. The first-order valence-corrected chi connectivity index (χ1v) is 7.84. The van der Waals surface area contributed by atoms with Crippen molar-refractivity contribution in [1.29, 1.82) is 0 Å². The van der Waals surface area contributed by atoms with E-state index in [4.69, 9.17) is 4.74 Å². The van der Waals surface area contributed by atoms with E-state index in [9.17, 15) is 4.79 Å². The standard InChI is InChI=1S/C17H29N3O2/c1-6-20(12-11-19(4)5)17(21)22-13-15-7-9-16(10-8-15)18-14(2)3/h7-10,14,18H,6,11-13H2,1-5H3. The Morgan fingerprint density at radius 3 is 2.32 bits per heavy atom. The molecule has 0 unspecified atom stereocenters. The Kier molecular flexibility index (Phi) is 7.74. The van der Waals surface area contributed by atoms with Crippen LogP contribution < -0.4 is 5.32 Å². The Morgan fingerprint density at radius 2 is 1.82 bits per heavy atom. The molecule has 0 aliphatic carbocycles. The van der Waals surface area contributed by atoms with Gasteiger partial charge in [0.05, 0.1) is 0 Å². The molecule has 1 amide bonds. The molecule has 0 saturated heterocycles. The molecule has 0 bridgehead atoms. The first-order valence-electron chi connectivity index (χ1n) is 7.84. The van der Waals surface area contributed by atoms with Crippen molar-refractivity contribution in [1.82, 2.24) is 9.80 Å². The predicted molar refractivity (Wildman–Crippen MR) is 91.2 cm³/mol. The number of anilines is 1. The molecule has 0 radical (unpaired) electrons. The van der Waals surface area contributed by atoms with Gasteiger partial charge in [-0.25, -0.2) is 4.79 Å². The van der Waals surface area contributed by atoms with E-state index in [1.165, 1.54) is 0 Å². The van der Waals surface area contributed by atoms with Crippen molar-refractivity contribution in [3.63, 3.8) is 0 Å². The number of carbonyl (C=O) groups is 1. The molecule has 1 aromatic carbocycles. The maximum atomic E-state index is 12.0. The van der Waals surface area contributed by atoms with Gasteiger partial charge in [0.1, 0.15) is 6.61 Å². The summed E-state index contributed by atoms with van der Waals surface area (Å²) >= 11 is 0. The molecule has 124 valence electrons. The summed E-state index contributed by atoms with van der Waals surface area (Å²) in [6.07, 6.45) is -0.256. The van der Waals surface area contributed by atoms with E-state index >= 15 is 0 Å². The topological polar surface area (TPSA) is 44.8 Å². The molecule has 1 N–H and O–H groups in total. The van der Waals surface area contributed by atoms with Gasteiger partial charge in [0.2, 0.25) is 0 Å². The van der Waals surface area contributed by atoms with Gasteiger partial charge in [-0.2, -0.15) is 0 Å². The lowest BCUT2D eigenvalue weighted by atomic mass is 10.2. The van der Waals surface area contributed by atoms with Crippen LogP contribution >= 0.6 is 0 Å². The maximum absolute atomic E-state index is 12.0. The Balaban J connectivity index is 2.45. The lowest BCUT2D eigenvalue weighted by Crippen LogP contribution is -2.36. The van der Waals surface area contributed by atoms with Crippen molar-refractivity contribution in [3.8, 4) is 0 Å². The van der Waals surface area contributed by atoms with Crippen LogP contribution in [0, 0.1) is 0 Å². The van der Waals surface area contributed by atoms with Crippen LogP contribution in [0.1, 0.15) is 26.3 Å². The van der Waals surface area contributed by atoms with Gasteiger partial charge >= 0.3 is 6.09 Å². The molecule has 0 heterocycles. The minimum atomic E-state index is -0.256. The number of likely N-dealkylation sites (N-methyl/N-ethyl adjacent to an activating group) is 2. The normalized spacial score (nSPS) is 10.9. The summed E-state index contributed by atoms with van der Waals surface area (Å²) in [5, 5.41) is 3.33. The highest BCUT2D eigenvalue weighted by atomic mass is 16.6. The third-order valence-electron chi connectivity index (χ3n) is 3.23. The fourth-order valence-electron chi connectivity index (χ4n) is 1.97. The molecule has 5 nitrogen and oxygen atoms in total. The van der Waals surface area contributed by atoms with Crippen LogP contribution in [-0.2, 0) is 11.3 Å². The molecule has 5 heteroatoms. The average molecular weight is 307 g/mol. The summed E-state index contributed by atoms with van der Waals surface area (Å²) in [6, 6.07) is 8.38. The Bertz CT molecular complexity index is 444. The zero-order valence-electron chi connectivity index (χ0n) is 14.4. The maximum Gasteiger partial charge on any atom is 0.410 e. The molecule has 0 aromatic heterocycles. The molecule has 22 heavy (non-hydrogen) atoms. The Morgan fingerprint density at radius 1 is 1.18 bits per heavy atom.